The first-order chi connectivity index (χ1) is 9.69. The molecule has 0 saturated heterocycles. The van der Waals surface area contributed by atoms with Gasteiger partial charge in [0.2, 0.25) is 0 Å². The molecule has 0 radical (unpaired) electrons. The Morgan fingerprint density at radius 1 is 1.25 bits per heavy atom. The first-order valence-electron chi connectivity index (χ1n) is 7.27. The molecule has 0 aliphatic carbocycles. The van der Waals surface area contributed by atoms with Crippen LogP contribution in [0.2, 0.25) is 0 Å². The molecule has 20 heavy (non-hydrogen) atoms. The molecule has 0 saturated carbocycles. The molecule has 1 heterocycles. The smallest absolute Gasteiger partial charge is 0.0878 e. The molecular formula is C16H24N4. The van der Waals surface area contributed by atoms with Crippen molar-refractivity contribution in [2.75, 3.05) is 0 Å². The van der Waals surface area contributed by atoms with Crippen molar-refractivity contribution in [1.29, 1.82) is 0 Å². The Labute approximate surface area is 121 Å². The van der Waals surface area contributed by atoms with Gasteiger partial charge in [0.05, 0.1) is 17.4 Å². The Balaban J connectivity index is 2.28. The van der Waals surface area contributed by atoms with Gasteiger partial charge in [-0.15, -0.1) is 0 Å². The maximum Gasteiger partial charge on any atom is 0.0878 e. The summed E-state index contributed by atoms with van der Waals surface area (Å²) in [6.45, 7) is 4.30. The average Bonchev–Trinajstić information content (AvgIpc) is 2.83. The average molecular weight is 272 g/mol. The lowest BCUT2D eigenvalue weighted by atomic mass is 10.0. The molecule has 4 heteroatoms. The summed E-state index contributed by atoms with van der Waals surface area (Å²) < 4.78 is 1.91. The molecule has 0 amide bonds. The normalized spacial score (nSPS) is 12.6. The monoisotopic (exact) mass is 272 g/mol. The van der Waals surface area contributed by atoms with E-state index < -0.39 is 0 Å². The van der Waals surface area contributed by atoms with Gasteiger partial charge < -0.3 is 0 Å². The van der Waals surface area contributed by atoms with E-state index in [1.165, 1.54) is 12.0 Å². The van der Waals surface area contributed by atoms with Gasteiger partial charge in [0.25, 0.3) is 0 Å². The van der Waals surface area contributed by atoms with Gasteiger partial charge in [-0.3, -0.25) is 10.5 Å². The highest BCUT2D eigenvalue weighted by Crippen LogP contribution is 2.22. The summed E-state index contributed by atoms with van der Waals surface area (Å²) in [5.74, 6) is 5.76. The predicted molar refractivity (Wildman–Crippen MR) is 82.2 cm³/mol. The number of hydrogen-bond donors (Lipinski definition) is 2. The van der Waals surface area contributed by atoms with Crippen LogP contribution in [0.4, 0.5) is 0 Å². The largest absolute Gasteiger partial charge is 0.271 e. The number of hydrogen-bond acceptors (Lipinski definition) is 3. The zero-order chi connectivity index (χ0) is 14.5. The van der Waals surface area contributed by atoms with E-state index in [0.29, 0.717) is 0 Å². The van der Waals surface area contributed by atoms with E-state index in [-0.39, 0.29) is 6.04 Å². The van der Waals surface area contributed by atoms with Crippen LogP contribution in [0.25, 0.3) is 0 Å². The topological polar surface area (TPSA) is 55.9 Å². The standard InChI is InChI=1S/C16H24N4/c1-4-6-12-7-9-13(10-8-12)16(18-17)15-11-14(5-2)19-20(15)3/h7-11,16,18H,4-6,17H2,1-3H3. The minimum absolute atomic E-state index is 0.0246. The number of aromatic nitrogens is 2. The van der Waals surface area contributed by atoms with Crippen LogP contribution in [0.1, 0.15) is 48.8 Å². The van der Waals surface area contributed by atoms with E-state index >= 15 is 0 Å². The molecular weight excluding hydrogens is 248 g/mol. The van der Waals surface area contributed by atoms with Gasteiger partial charge in [0.1, 0.15) is 0 Å². The van der Waals surface area contributed by atoms with Crippen molar-refractivity contribution in [3.63, 3.8) is 0 Å². The van der Waals surface area contributed by atoms with Gasteiger partial charge in [-0.25, -0.2) is 5.43 Å². The highest BCUT2D eigenvalue weighted by atomic mass is 15.3. The second-order valence-electron chi connectivity index (χ2n) is 5.13. The quantitative estimate of drug-likeness (QED) is 0.627. The van der Waals surface area contributed by atoms with Crippen LogP contribution in [0.3, 0.4) is 0 Å². The van der Waals surface area contributed by atoms with Crippen LogP contribution in [0.5, 0.6) is 0 Å². The van der Waals surface area contributed by atoms with E-state index in [4.69, 9.17) is 5.84 Å². The van der Waals surface area contributed by atoms with Crippen molar-refractivity contribution in [2.45, 2.75) is 39.2 Å². The summed E-state index contributed by atoms with van der Waals surface area (Å²) in [5.41, 5.74) is 7.61. The van der Waals surface area contributed by atoms with Crippen LogP contribution < -0.4 is 11.3 Å². The number of hydrazine groups is 1. The van der Waals surface area contributed by atoms with Crippen molar-refractivity contribution in [2.24, 2.45) is 12.9 Å². The van der Waals surface area contributed by atoms with Crippen molar-refractivity contribution >= 4 is 0 Å². The fourth-order valence-electron chi connectivity index (χ4n) is 2.50. The lowest BCUT2D eigenvalue weighted by Crippen LogP contribution is -2.30. The Kier molecular flexibility index (Phi) is 4.93. The molecule has 0 aliphatic rings. The van der Waals surface area contributed by atoms with E-state index in [9.17, 15) is 0 Å². The number of rotatable bonds is 6. The van der Waals surface area contributed by atoms with E-state index in [0.717, 1.165) is 29.8 Å². The zero-order valence-corrected chi connectivity index (χ0v) is 12.6. The fourth-order valence-corrected chi connectivity index (χ4v) is 2.50. The van der Waals surface area contributed by atoms with Gasteiger partial charge in [-0.1, -0.05) is 44.5 Å². The first-order valence-corrected chi connectivity index (χ1v) is 7.27. The summed E-state index contributed by atoms with van der Waals surface area (Å²) in [4.78, 5) is 0. The van der Waals surface area contributed by atoms with Crippen LogP contribution in [0, 0.1) is 0 Å². The molecule has 108 valence electrons. The molecule has 0 aliphatic heterocycles. The molecule has 3 N–H and O–H groups in total. The van der Waals surface area contributed by atoms with Gasteiger partial charge >= 0.3 is 0 Å². The molecule has 1 unspecified atom stereocenters. The lowest BCUT2D eigenvalue weighted by Gasteiger charge is -2.17. The Morgan fingerprint density at radius 2 is 1.95 bits per heavy atom. The number of nitrogens with one attached hydrogen (secondary N) is 1. The molecule has 2 aromatic rings. The Morgan fingerprint density at radius 3 is 2.45 bits per heavy atom. The molecule has 4 nitrogen and oxygen atoms in total. The van der Waals surface area contributed by atoms with E-state index in [2.05, 4.69) is 54.7 Å². The number of nitrogens with zero attached hydrogens (tertiary/aromatic N) is 2. The molecule has 1 aromatic heterocycles. The number of benzene rings is 1. The van der Waals surface area contributed by atoms with Crippen LogP contribution in [-0.2, 0) is 19.9 Å². The van der Waals surface area contributed by atoms with E-state index in [1.54, 1.807) is 0 Å². The third kappa shape index (κ3) is 3.08. The third-order valence-electron chi connectivity index (χ3n) is 3.64. The molecule has 0 fully saturated rings. The van der Waals surface area contributed by atoms with Crippen molar-refractivity contribution < 1.29 is 0 Å². The van der Waals surface area contributed by atoms with Gasteiger partial charge in [0.15, 0.2) is 0 Å². The minimum Gasteiger partial charge on any atom is -0.271 e. The minimum atomic E-state index is -0.0246. The summed E-state index contributed by atoms with van der Waals surface area (Å²) in [6.07, 6.45) is 3.22. The Bertz CT molecular complexity index is 542. The molecule has 1 aromatic carbocycles. The summed E-state index contributed by atoms with van der Waals surface area (Å²) in [6, 6.07) is 10.7. The molecule has 0 spiro atoms. The van der Waals surface area contributed by atoms with Crippen molar-refractivity contribution in [1.82, 2.24) is 15.2 Å². The molecule has 2 rings (SSSR count). The fraction of sp³-hybridized carbons (Fsp3) is 0.438. The molecule has 1 atom stereocenters. The second kappa shape index (κ2) is 6.68. The number of nitrogens with two attached hydrogens (primary N) is 1. The summed E-state index contributed by atoms with van der Waals surface area (Å²) in [7, 11) is 1.96. The van der Waals surface area contributed by atoms with Gasteiger partial charge in [0, 0.05) is 7.05 Å². The molecule has 0 bridgehead atoms. The summed E-state index contributed by atoms with van der Waals surface area (Å²) >= 11 is 0. The van der Waals surface area contributed by atoms with Crippen molar-refractivity contribution in [3.05, 3.63) is 52.8 Å². The van der Waals surface area contributed by atoms with E-state index in [1.807, 2.05) is 11.7 Å². The number of aryl methyl sites for hydroxylation is 3. The second-order valence-corrected chi connectivity index (χ2v) is 5.13. The summed E-state index contributed by atoms with van der Waals surface area (Å²) in [5, 5.41) is 4.49. The van der Waals surface area contributed by atoms with Crippen LogP contribution in [-0.4, -0.2) is 9.78 Å². The van der Waals surface area contributed by atoms with Crippen molar-refractivity contribution in [3.8, 4) is 0 Å². The predicted octanol–water partition coefficient (Wildman–Crippen LogP) is 2.49. The van der Waals surface area contributed by atoms with Gasteiger partial charge in [-0.2, -0.15) is 5.10 Å². The van der Waals surface area contributed by atoms with Crippen LogP contribution in [0.15, 0.2) is 30.3 Å². The van der Waals surface area contributed by atoms with Gasteiger partial charge in [-0.05, 0) is 30.0 Å². The highest BCUT2D eigenvalue weighted by Gasteiger charge is 2.17. The lowest BCUT2D eigenvalue weighted by molar-refractivity contribution is 0.573. The maximum atomic E-state index is 5.76. The SMILES string of the molecule is CCCc1ccc(C(NN)c2cc(CC)nn2C)cc1. The maximum absolute atomic E-state index is 5.76. The first kappa shape index (κ1) is 14.8. The Hall–Kier alpha value is -1.65. The zero-order valence-electron chi connectivity index (χ0n) is 12.6. The highest BCUT2D eigenvalue weighted by molar-refractivity contribution is 5.31. The van der Waals surface area contributed by atoms with Crippen LogP contribution >= 0.6 is 0 Å². The third-order valence-corrected chi connectivity index (χ3v) is 3.64.